The van der Waals surface area contributed by atoms with E-state index in [1.165, 1.54) is 5.56 Å². The molecule has 8 heteroatoms. The first-order valence-electron chi connectivity index (χ1n) is 15.7. The lowest BCUT2D eigenvalue weighted by Gasteiger charge is -2.40. The van der Waals surface area contributed by atoms with E-state index in [1.54, 1.807) is 19.2 Å². The number of rotatable bonds is 10. The predicted molar refractivity (Wildman–Crippen MR) is 166 cm³/mol. The SMILES string of the molecule is C/C=C\c1cnc(CN(C[C@@H]2CCCN2CC2C(C)CNCC2C)C(=O)c2cc(OC)c3c(c2)OC(C)O3)cc1CC. The Morgan fingerprint density at radius 2 is 1.98 bits per heavy atom. The van der Waals surface area contributed by atoms with Gasteiger partial charge in [-0.05, 0) is 92.9 Å². The highest BCUT2D eigenvalue weighted by atomic mass is 16.7. The Morgan fingerprint density at radius 1 is 1.19 bits per heavy atom. The molecule has 228 valence electrons. The van der Waals surface area contributed by atoms with Crippen LogP contribution in [0.3, 0.4) is 0 Å². The van der Waals surface area contributed by atoms with Gasteiger partial charge >= 0.3 is 0 Å². The van der Waals surface area contributed by atoms with Crippen LogP contribution in [0, 0.1) is 17.8 Å². The van der Waals surface area contributed by atoms with Crippen molar-refractivity contribution in [3.05, 3.63) is 52.9 Å². The van der Waals surface area contributed by atoms with Crippen molar-refractivity contribution < 1.29 is 19.0 Å². The first-order chi connectivity index (χ1) is 20.3. The Labute approximate surface area is 251 Å². The molecule has 5 rings (SSSR count). The number of amides is 1. The van der Waals surface area contributed by atoms with Crippen molar-refractivity contribution in [3.63, 3.8) is 0 Å². The number of methoxy groups -OCH3 is 1. The second kappa shape index (κ2) is 13.5. The quantitative estimate of drug-likeness (QED) is 0.406. The third-order valence-corrected chi connectivity index (χ3v) is 9.28. The fraction of sp³-hybridized carbons (Fsp3) is 0.588. The molecule has 42 heavy (non-hydrogen) atoms. The number of nitrogens with one attached hydrogen (secondary N) is 1. The molecule has 0 aliphatic carbocycles. The van der Waals surface area contributed by atoms with Gasteiger partial charge in [0.05, 0.1) is 19.3 Å². The molecule has 4 atom stereocenters. The number of carbonyl (C=O) groups is 1. The number of aryl methyl sites for hydroxylation is 1. The lowest BCUT2D eigenvalue weighted by molar-refractivity contribution is 0.0634. The number of carbonyl (C=O) groups excluding carboxylic acids is 1. The maximum atomic E-state index is 14.3. The molecule has 1 N–H and O–H groups in total. The maximum absolute atomic E-state index is 14.3. The van der Waals surface area contributed by atoms with Crippen LogP contribution in [0.4, 0.5) is 0 Å². The number of ether oxygens (including phenoxy) is 3. The van der Waals surface area contributed by atoms with Gasteiger partial charge < -0.3 is 24.4 Å². The zero-order valence-electron chi connectivity index (χ0n) is 26.2. The summed E-state index contributed by atoms with van der Waals surface area (Å²) in [5.74, 6) is 3.50. The van der Waals surface area contributed by atoms with Crippen LogP contribution in [-0.2, 0) is 13.0 Å². The number of benzene rings is 1. The minimum Gasteiger partial charge on any atom is -0.493 e. The molecule has 0 spiro atoms. The van der Waals surface area contributed by atoms with Gasteiger partial charge in [0.2, 0.25) is 12.0 Å². The summed E-state index contributed by atoms with van der Waals surface area (Å²) in [7, 11) is 1.59. The predicted octanol–water partition coefficient (Wildman–Crippen LogP) is 5.40. The third-order valence-electron chi connectivity index (χ3n) is 9.28. The molecule has 8 nitrogen and oxygen atoms in total. The van der Waals surface area contributed by atoms with Crippen LogP contribution in [0.25, 0.3) is 6.08 Å². The topological polar surface area (TPSA) is 76.2 Å². The molecular formula is C34H48N4O4. The second-order valence-corrected chi connectivity index (χ2v) is 12.3. The fourth-order valence-electron chi connectivity index (χ4n) is 6.93. The van der Waals surface area contributed by atoms with E-state index in [0.717, 1.165) is 56.7 Å². The molecule has 3 aliphatic heterocycles. The van der Waals surface area contributed by atoms with Crippen molar-refractivity contribution in [3.8, 4) is 17.2 Å². The summed E-state index contributed by atoms with van der Waals surface area (Å²) in [6, 6.07) is 6.04. The Bertz CT molecular complexity index is 1270. The van der Waals surface area contributed by atoms with E-state index in [9.17, 15) is 4.79 Å². The number of likely N-dealkylation sites (tertiary alicyclic amines) is 1. The molecule has 2 aromatic rings. The monoisotopic (exact) mass is 576 g/mol. The minimum atomic E-state index is -0.422. The van der Waals surface area contributed by atoms with Crippen LogP contribution in [0.5, 0.6) is 17.2 Å². The van der Waals surface area contributed by atoms with E-state index in [2.05, 4.69) is 43.1 Å². The van der Waals surface area contributed by atoms with Gasteiger partial charge in [-0.25, -0.2) is 0 Å². The number of hydrogen-bond donors (Lipinski definition) is 1. The van der Waals surface area contributed by atoms with Crippen LogP contribution in [0.2, 0.25) is 0 Å². The Morgan fingerprint density at radius 3 is 2.69 bits per heavy atom. The molecule has 3 aliphatic rings. The number of piperidine rings is 1. The van der Waals surface area contributed by atoms with Crippen LogP contribution < -0.4 is 19.5 Å². The molecule has 0 radical (unpaired) electrons. The van der Waals surface area contributed by atoms with Crippen molar-refractivity contribution in [2.75, 3.05) is 39.8 Å². The van der Waals surface area contributed by atoms with Crippen molar-refractivity contribution in [2.45, 2.75) is 72.8 Å². The van der Waals surface area contributed by atoms with Crippen molar-refractivity contribution >= 4 is 12.0 Å². The summed E-state index contributed by atoms with van der Waals surface area (Å²) < 4.78 is 17.3. The highest BCUT2D eigenvalue weighted by Gasteiger charge is 2.35. The third kappa shape index (κ3) is 6.60. The van der Waals surface area contributed by atoms with E-state index >= 15 is 0 Å². The molecule has 0 bridgehead atoms. The Kier molecular flexibility index (Phi) is 9.74. The maximum Gasteiger partial charge on any atom is 0.254 e. The van der Waals surface area contributed by atoms with Gasteiger partial charge in [0.25, 0.3) is 5.91 Å². The van der Waals surface area contributed by atoms with E-state index in [0.29, 0.717) is 59.7 Å². The smallest absolute Gasteiger partial charge is 0.254 e. The number of nitrogens with zero attached hydrogens (tertiary/aromatic N) is 3. The first kappa shape index (κ1) is 30.4. The Balaban J connectivity index is 1.43. The van der Waals surface area contributed by atoms with E-state index in [-0.39, 0.29) is 5.91 Å². The van der Waals surface area contributed by atoms with Crippen molar-refractivity contribution in [2.24, 2.45) is 17.8 Å². The Hall–Kier alpha value is -3.10. The summed E-state index contributed by atoms with van der Waals surface area (Å²) in [5.41, 5.74) is 3.80. The second-order valence-electron chi connectivity index (χ2n) is 12.3. The van der Waals surface area contributed by atoms with Crippen LogP contribution in [-0.4, -0.2) is 72.9 Å². The summed E-state index contributed by atoms with van der Waals surface area (Å²) in [4.78, 5) is 23.7. The van der Waals surface area contributed by atoms with Gasteiger partial charge in [-0.15, -0.1) is 0 Å². The summed E-state index contributed by atoms with van der Waals surface area (Å²) in [6.07, 6.45) is 8.80. The van der Waals surface area contributed by atoms with Crippen LogP contribution >= 0.6 is 0 Å². The van der Waals surface area contributed by atoms with Gasteiger partial charge in [-0.1, -0.05) is 32.9 Å². The van der Waals surface area contributed by atoms with Gasteiger partial charge in [0.1, 0.15) is 0 Å². The lowest BCUT2D eigenvalue weighted by Crippen LogP contribution is -2.49. The average molecular weight is 577 g/mol. The zero-order chi connectivity index (χ0) is 29.8. The number of fused-ring (bicyclic) bond motifs is 1. The highest BCUT2D eigenvalue weighted by Crippen LogP contribution is 2.44. The number of allylic oxidation sites excluding steroid dienone is 1. The number of hydrogen-bond acceptors (Lipinski definition) is 7. The molecular weight excluding hydrogens is 528 g/mol. The largest absolute Gasteiger partial charge is 0.493 e. The molecule has 2 fully saturated rings. The molecule has 1 aromatic heterocycles. The molecule has 1 amide bonds. The van der Waals surface area contributed by atoms with Crippen molar-refractivity contribution in [1.82, 2.24) is 20.1 Å². The van der Waals surface area contributed by atoms with Gasteiger partial charge in [0.15, 0.2) is 11.5 Å². The lowest BCUT2D eigenvalue weighted by atomic mass is 9.80. The normalized spacial score (nSPS) is 25.7. The molecule has 3 unspecified atom stereocenters. The molecule has 0 saturated carbocycles. The van der Waals surface area contributed by atoms with Crippen LogP contribution in [0.15, 0.2) is 30.5 Å². The van der Waals surface area contributed by atoms with Crippen LogP contribution in [0.1, 0.15) is 74.6 Å². The molecule has 4 heterocycles. The fourth-order valence-corrected chi connectivity index (χ4v) is 6.93. The van der Waals surface area contributed by atoms with Gasteiger partial charge in [-0.2, -0.15) is 0 Å². The van der Waals surface area contributed by atoms with E-state index < -0.39 is 6.29 Å². The zero-order valence-corrected chi connectivity index (χ0v) is 26.2. The van der Waals surface area contributed by atoms with Gasteiger partial charge in [-0.3, -0.25) is 14.7 Å². The average Bonchev–Trinajstić information content (AvgIpc) is 3.59. The first-order valence-corrected chi connectivity index (χ1v) is 15.7. The van der Waals surface area contributed by atoms with E-state index in [1.807, 2.05) is 31.0 Å². The minimum absolute atomic E-state index is 0.0490. The van der Waals surface area contributed by atoms with Crippen molar-refractivity contribution in [1.29, 1.82) is 0 Å². The number of pyridine rings is 1. The summed E-state index contributed by atoms with van der Waals surface area (Å²) in [5, 5.41) is 3.58. The summed E-state index contributed by atoms with van der Waals surface area (Å²) >= 11 is 0. The molecule has 2 saturated heterocycles. The molecule has 1 aromatic carbocycles. The number of aromatic nitrogens is 1. The highest BCUT2D eigenvalue weighted by molar-refractivity contribution is 5.95. The summed E-state index contributed by atoms with van der Waals surface area (Å²) in [6.45, 7) is 16.2. The van der Waals surface area contributed by atoms with E-state index in [4.69, 9.17) is 19.2 Å². The standard InChI is InChI=1S/C34H48N4O4/c1-7-10-26-18-36-28(13-25(26)8-2)19-38(34(39)27-14-31(40-6)33-32(15-27)41-24(5)42-33)20-29-11-9-12-37(29)21-30-22(3)16-35-17-23(30)4/h7,10,13-15,18,22-24,29-30,35H,8-9,11-12,16-17,19-21H2,1-6H3/b10-7-/t22?,23?,24?,29-,30?/m0/s1. The van der Waals surface area contributed by atoms with Gasteiger partial charge in [0, 0.05) is 37.8 Å².